The van der Waals surface area contributed by atoms with Gasteiger partial charge in [-0.1, -0.05) is 0 Å². The summed E-state index contributed by atoms with van der Waals surface area (Å²) in [4.78, 5) is 59.7. The van der Waals surface area contributed by atoms with Crippen molar-refractivity contribution in [1.29, 1.82) is 0 Å². The molecule has 0 heterocycles. The van der Waals surface area contributed by atoms with Crippen LogP contribution in [0.2, 0.25) is 0 Å². The van der Waals surface area contributed by atoms with Crippen LogP contribution in [0.5, 0.6) is 0 Å². The van der Waals surface area contributed by atoms with Gasteiger partial charge >= 0.3 is 35.8 Å². The summed E-state index contributed by atoms with van der Waals surface area (Å²) in [6.45, 7) is -3.84. The van der Waals surface area contributed by atoms with Crippen LogP contribution in [-0.2, 0) is 43.0 Å². The standard InChI is InChI=1S/C6H8F2O3.2C4H4F2O3/c1-3(7)5(9)11-6(10)4(2)8;2*5-1-3(7)9-4(8)2-6/h3-4H,1-2H3;2*1-2H2. The molecule has 168 valence electrons. The monoisotopic (exact) mass is 442 g/mol. The topological polar surface area (TPSA) is 130 Å². The van der Waals surface area contributed by atoms with Crippen molar-refractivity contribution < 1.29 is 69.3 Å². The molecule has 0 aliphatic carbocycles. The third kappa shape index (κ3) is 21.2. The lowest BCUT2D eigenvalue weighted by molar-refractivity contribution is -0.166. The zero-order valence-electron chi connectivity index (χ0n) is 14.9. The van der Waals surface area contributed by atoms with Crippen LogP contribution in [0.4, 0.5) is 26.3 Å². The number of carbonyl (C=O) groups is 6. The summed E-state index contributed by atoms with van der Waals surface area (Å²) in [5.41, 5.74) is 0. The summed E-state index contributed by atoms with van der Waals surface area (Å²) in [6.07, 6.45) is -3.81. The fourth-order valence-electron chi connectivity index (χ4n) is 0.625. The number of halogens is 6. The van der Waals surface area contributed by atoms with E-state index < -0.39 is 74.9 Å². The van der Waals surface area contributed by atoms with Crippen LogP contribution in [0.1, 0.15) is 13.8 Å². The Morgan fingerprint density at radius 3 is 0.897 bits per heavy atom. The molecule has 2 unspecified atom stereocenters. The van der Waals surface area contributed by atoms with Crippen molar-refractivity contribution >= 4 is 35.8 Å². The van der Waals surface area contributed by atoms with Crippen molar-refractivity contribution in [3.05, 3.63) is 0 Å². The second-order valence-corrected chi connectivity index (χ2v) is 4.20. The number of hydrogen-bond donors (Lipinski definition) is 0. The number of carbonyl (C=O) groups excluding carboxylic acids is 6. The highest BCUT2D eigenvalue weighted by molar-refractivity contribution is 5.89. The lowest BCUT2D eigenvalue weighted by Gasteiger charge is -2.02. The molecule has 0 saturated heterocycles. The molecule has 0 bridgehead atoms. The van der Waals surface area contributed by atoms with Gasteiger partial charge < -0.3 is 14.2 Å². The van der Waals surface area contributed by atoms with E-state index in [0.29, 0.717) is 0 Å². The van der Waals surface area contributed by atoms with E-state index in [1.807, 2.05) is 0 Å². The molecule has 0 aliphatic rings. The molecule has 0 saturated carbocycles. The molecule has 29 heavy (non-hydrogen) atoms. The smallest absolute Gasteiger partial charge is 0.348 e. The fourth-order valence-corrected chi connectivity index (χ4v) is 0.625. The molecule has 0 fully saturated rings. The van der Waals surface area contributed by atoms with Crippen molar-refractivity contribution in [2.24, 2.45) is 0 Å². The lowest BCUT2D eigenvalue weighted by Crippen LogP contribution is -2.24. The molecular formula is C14H16F6O9. The first-order chi connectivity index (χ1) is 13.4. The number of alkyl halides is 6. The van der Waals surface area contributed by atoms with Crippen LogP contribution in [0.15, 0.2) is 0 Å². The Morgan fingerprint density at radius 1 is 0.552 bits per heavy atom. The molecule has 0 aromatic heterocycles. The van der Waals surface area contributed by atoms with E-state index in [2.05, 4.69) is 14.2 Å². The summed E-state index contributed by atoms with van der Waals surface area (Å²) in [7, 11) is 0. The van der Waals surface area contributed by atoms with Crippen LogP contribution in [0, 0.1) is 0 Å². The summed E-state index contributed by atoms with van der Waals surface area (Å²) in [6, 6.07) is 0. The highest BCUT2D eigenvalue weighted by Crippen LogP contribution is 1.97. The maximum absolute atomic E-state index is 12.0. The van der Waals surface area contributed by atoms with E-state index in [0.717, 1.165) is 13.8 Å². The average Bonchev–Trinajstić information content (AvgIpc) is 2.67. The number of esters is 6. The first-order valence-corrected chi connectivity index (χ1v) is 7.10. The molecule has 0 radical (unpaired) electrons. The quantitative estimate of drug-likeness (QED) is 0.253. The Morgan fingerprint density at radius 2 is 0.759 bits per heavy atom. The molecule has 15 heteroatoms. The van der Waals surface area contributed by atoms with Crippen LogP contribution in [0.3, 0.4) is 0 Å². The minimum atomic E-state index is -1.90. The van der Waals surface area contributed by atoms with Gasteiger partial charge in [-0.05, 0) is 13.8 Å². The van der Waals surface area contributed by atoms with E-state index in [1.165, 1.54) is 0 Å². The average molecular weight is 442 g/mol. The van der Waals surface area contributed by atoms with Crippen molar-refractivity contribution in [2.45, 2.75) is 26.2 Å². The summed E-state index contributed by atoms with van der Waals surface area (Å²) in [5.74, 6) is -8.18. The Labute approximate surface area is 159 Å². The largest absolute Gasteiger partial charge is 0.389 e. The predicted molar refractivity (Wildman–Crippen MR) is 78.3 cm³/mol. The Hall–Kier alpha value is -3.00. The van der Waals surface area contributed by atoms with Gasteiger partial charge in [0.2, 0.25) is 0 Å². The fraction of sp³-hybridized carbons (Fsp3) is 0.571. The van der Waals surface area contributed by atoms with Crippen LogP contribution >= 0.6 is 0 Å². The summed E-state index contributed by atoms with van der Waals surface area (Å²) < 4.78 is 79.3. The van der Waals surface area contributed by atoms with Gasteiger partial charge in [0, 0.05) is 0 Å². The van der Waals surface area contributed by atoms with Crippen LogP contribution in [-0.4, -0.2) is 74.9 Å². The van der Waals surface area contributed by atoms with Gasteiger partial charge in [0.15, 0.2) is 39.0 Å². The second kappa shape index (κ2) is 18.4. The van der Waals surface area contributed by atoms with E-state index in [9.17, 15) is 55.1 Å². The van der Waals surface area contributed by atoms with E-state index in [-0.39, 0.29) is 0 Å². The van der Waals surface area contributed by atoms with Gasteiger partial charge in [0.1, 0.15) is 0 Å². The molecule has 0 aliphatic heterocycles. The Kier molecular flexibility index (Phi) is 19.5. The molecule has 0 aromatic rings. The van der Waals surface area contributed by atoms with Crippen LogP contribution in [0.25, 0.3) is 0 Å². The second-order valence-electron chi connectivity index (χ2n) is 4.20. The normalized spacial score (nSPS) is 11.2. The van der Waals surface area contributed by atoms with Crippen molar-refractivity contribution in [3.8, 4) is 0 Å². The predicted octanol–water partition coefficient (Wildman–Crippen LogP) is 0.763. The van der Waals surface area contributed by atoms with E-state index >= 15 is 0 Å². The maximum Gasteiger partial charge on any atom is 0.348 e. The number of hydrogen-bond acceptors (Lipinski definition) is 9. The molecule has 9 nitrogen and oxygen atoms in total. The molecule has 0 amide bonds. The summed E-state index contributed by atoms with van der Waals surface area (Å²) in [5, 5.41) is 0. The maximum atomic E-state index is 12.0. The van der Waals surface area contributed by atoms with E-state index in [4.69, 9.17) is 0 Å². The van der Waals surface area contributed by atoms with Gasteiger partial charge in [-0.3, -0.25) is 0 Å². The third-order valence-electron chi connectivity index (χ3n) is 1.74. The minimum absolute atomic E-state index is 0.901. The van der Waals surface area contributed by atoms with Crippen LogP contribution < -0.4 is 0 Å². The Balaban J connectivity index is -0.000000352. The van der Waals surface area contributed by atoms with Crippen molar-refractivity contribution in [2.75, 3.05) is 26.7 Å². The van der Waals surface area contributed by atoms with Crippen molar-refractivity contribution in [1.82, 2.24) is 0 Å². The minimum Gasteiger partial charge on any atom is -0.389 e. The van der Waals surface area contributed by atoms with Gasteiger partial charge in [0.05, 0.1) is 0 Å². The molecule has 0 aromatic carbocycles. The number of rotatable bonds is 6. The zero-order valence-corrected chi connectivity index (χ0v) is 14.9. The lowest BCUT2D eigenvalue weighted by atomic mass is 10.4. The molecule has 2 atom stereocenters. The first kappa shape index (κ1) is 30.7. The molecule has 0 spiro atoms. The van der Waals surface area contributed by atoms with Gasteiger partial charge in [-0.15, -0.1) is 0 Å². The highest BCUT2D eigenvalue weighted by atomic mass is 19.1. The molecule has 0 N–H and O–H groups in total. The molecular weight excluding hydrogens is 426 g/mol. The van der Waals surface area contributed by atoms with E-state index in [1.54, 1.807) is 0 Å². The first-order valence-electron chi connectivity index (χ1n) is 7.10. The Bertz CT molecular complexity index is 490. The number of ether oxygens (including phenoxy) is 3. The highest BCUT2D eigenvalue weighted by Gasteiger charge is 2.21. The van der Waals surface area contributed by atoms with Crippen molar-refractivity contribution in [3.63, 3.8) is 0 Å². The molecule has 0 rings (SSSR count). The summed E-state index contributed by atoms with van der Waals surface area (Å²) >= 11 is 0. The van der Waals surface area contributed by atoms with Gasteiger partial charge in [-0.2, -0.15) is 0 Å². The van der Waals surface area contributed by atoms with Gasteiger partial charge in [0.25, 0.3) is 0 Å². The van der Waals surface area contributed by atoms with Gasteiger partial charge in [-0.25, -0.2) is 55.1 Å². The SMILES string of the molecule is CC(F)C(=O)OC(=O)C(C)F.O=C(CF)OC(=O)CF.O=C(CF)OC(=O)CF. The zero-order chi connectivity index (χ0) is 23.6. The third-order valence-corrected chi connectivity index (χ3v) is 1.74.